The number of rotatable bonds is 7. The van der Waals surface area contributed by atoms with Crippen LogP contribution in [0.1, 0.15) is 61.1 Å². The summed E-state index contributed by atoms with van der Waals surface area (Å²) in [5.74, 6) is 0.673. The Morgan fingerprint density at radius 2 is 1.44 bits per heavy atom. The number of fused-ring (bicyclic) bond motifs is 4. The molecule has 0 saturated heterocycles. The maximum absolute atomic E-state index is 4.33. The van der Waals surface area contributed by atoms with Crippen LogP contribution >= 0.6 is 0 Å². The second kappa shape index (κ2) is 15.8. The van der Waals surface area contributed by atoms with Crippen LogP contribution in [0.15, 0.2) is 199 Å². The molecule has 0 spiro atoms. The Morgan fingerprint density at radius 3 is 2.14 bits per heavy atom. The van der Waals surface area contributed by atoms with Crippen LogP contribution in [-0.4, -0.2) is 0 Å². The average Bonchev–Trinajstić information content (AvgIpc) is 3.49. The monoisotopic (exact) mass is 762 g/mol. The summed E-state index contributed by atoms with van der Waals surface area (Å²) >= 11 is 0. The maximum Gasteiger partial charge on any atom is 0.0540 e. The molecule has 4 aliphatic rings. The largest absolute Gasteiger partial charge is 0.318 e. The molecule has 5 aromatic carbocycles. The molecule has 0 amide bonds. The van der Waals surface area contributed by atoms with Crippen LogP contribution in [0.4, 0.5) is 22.7 Å². The molecular weight excluding hydrogens is 713 g/mol. The van der Waals surface area contributed by atoms with Crippen LogP contribution in [0.5, 0.6) is 0 Å². The van der Waals surface area contributed by atoms with Gasteiger partial charge in [-0.3, -0.25) is 0 Å². The number of allylic oxidation sites excluding steroid dienone is 10. The maximum atomic E-state index is 4.33. The van der Waals surface area contributed by atoms with Crippen molar-refractivity contribution in [2.45, 2.75) is 40.5 Å². The number of nitrogens with zero attached hydrogens (tertiary/aromatic N) is 2. The van der Waals surface area contributed by atoms with Crippen molar-refractivity contribution >= 4 is 41.0 Å². The zero-order valence-electron chi connectivity index (χ0n) is 34.5. The second-order valence-electron chi connectivity index (χ2n) is 16.3. The summed E-state index contributed by atoms with van der Waals surface area (Å²) in [5.41, 5.74) is 25.2. The van der Waals surface area contributed by atoms with E-state index in [2.05, 4.69) is 220 Å². The summed E-state index contributed by atoms with van der Waals surface area (Å²) in [6.45, 7) is 13.4. The van der Waals surface area contributed by atoms with Crippen molar-refractivity contribution in [1.29, 1.82) is 0 Å². The molecule has 2 aliphatic heterocycles. The van der Waals surface area contributed by atoms with E-state index in [1.165, 1.54) is 56.2 Å². The zero-order valence-corrected chi connectivity index (χ0v) is 34.5. The number of anilines is 4. The van der Waals surface area contributed by atoms with Crippen LogP contribution in [0.3, 0.4) is 0 Å². The normalized spacial score (nSPS) is 19.7. The van der Waals surface area contributed by atoms with Crippen molar-refractivity contribution in [3.05, 3.63) is 232 Å². The Hall–Kier alpha value is -6.82. The Morgan fingerprint density at radius 1 is 0.746 bits per heavy atom. The molecule has 5 aromatic rings. The highest BCUT2D eigenvalue weighted by molar-refractivity contribution is 5.93. The first kappa shape index (κ1) is 37.7. The van der Waals surface area contributed by atoms with E-state index in [0.717, 1.165) is 40.8 Å². The molecule has 59 heavy (non-hydrogen) atoms. The minimum Gasteiger partial charge on any atom is -0.318 e. The van der Waals surface area contributed by atoms with Crippen molar-refractivity contribution in [3.63, 3.8) is 0 Å². The Labute approximate surface area is 350 Å². The van der Waals surface area contributed by atoms with Gasteiger partial charge in [-0.25, -0.2) is 0 Å². The van der Waals surface area contributed by atoms with Gasteiger partial charge in [0.2, 0.25) is 0 Å². The topological polar surface area (TPSA) is 6.48 Å². The Bertz CT molecular complexity index is 2720. The predicted molar refractivity (Wildman–Crippen MR) is 252 cm³/mol. The van der Waals surface area contributed by atoms with Crippen molar-refractivity contribution in [2.75, 3.05) is 9.80 Å². The predicted octanol–water partition coefficient (Wildman–Crippen LogP) is 14.9. The van der Waals surface area contributed by atoms with Crippen molar-refractivity contribution in [1.82, 2.24) is 0 Å². The Kier molecular flexibility index (Phi) is 10.1. The van der Waals surface area contributed by atoms with Crippen molar-refractivity contribution in [3.8, 4) is 11.1 Å². The third kappa shape index (κ3) is 6.77. The number of para-hydroxylation sites is 3. The van der Waals surface area contributed by atoms with E-state index in [-0.39, 0.29) is 5.41 Å². The fourth-order valence-corrected chi connectivity index (χ4v) is 9.81. The first-order valence-corrected chi connectivity index (χ1v) is 20.9. The average molecular weight is 763 g/mol. The molecule has 0 N–H and O–H groups in total. The highest BCUT2D eigenvalue weighted by Crippen LogP contribution is 2.56. The van der Waals surface area contributed by atoms with E-state index in [1.54, 1.807) is 0 Å². The van der Waals surface area contributed by atoms with Gasteiger partial charge < -0.3 is 9.80 Å². The van der Waals surface area contributed by atoms with Gasteiger partial charge >= 0.3 is 0 Å². The molecule has 288 valence electrons. The number of benzene rings is 5. The van der Waals surface area contributed by atoms with Crippen molar-refractivity contribution in [2.24, 2.45) is 17.3 Å². The highest BCUT2D eigenvalue weighted by atomic mass is 15.2. The van der Waals surface area contributed by atoms with E-state index >= 15 is 0 Å². The lowest BCUT2D eigenvalue weighted by Crippen LogP contribution is -2.27. The lowest BCUT2D eigenvalue weighted by Gasteiger charge is -2.35. The van der Waals surface area contributed by atoms with Crippen LogP contribution in [-0.2, 0) is 12.8 Å². The minimum atomic E-state index is -0.000631. The van der Waals surface area contributed by atoms with Crippen LogP contribution in [0.2, 0.25) is 0 Å². The van der Waals surface area contributed by atoms with Crippen LogP contribution in [0.25, 0.3) is 29.4 Å². The molecule has 2 aliphatic carbocycles. The van der Waals surface area contributed by atoms with Gasteiger partial charge in [0.15, 0.2) is 0 Å². The SMILES string of the molecule is C=Cc1c(N2c3ccccc3Cc3ccccc32)ccc(-c2ccc(C=C=C=CC=C3/C(=C\C)C(C)(C)C4C=C(N5C=CCc6ccccc65)C=CC34)cc2)c1/C=C\C. The summed E-state index contributed by atoms with van der Waals surface area (Å²) in [7, 11) is 0. The van der Waals surface area contributed by atoms with E-state index in [0.29, 0.717) is 11.8 Å². The summed E-state index contributed by atoms with van der Waals surface area (Å²) in [5, 5.41) is 0. The lowest BCUT2D eigenvalue weighted by molar-refractivity contribution is 0.331. The molecule has 1 saturated carbocycles. The van der Waals surface area contributed by atoms with E-state index in [4.69, 9.17) is 0 Å². The van der Waals surface area contributed by atoms with Gasteiger partial charge in [-0.1, -0.05) is 159 Å². The molecule has 2 atom stereocenters. The van der Waals surface area contributed by atoms with E-state index in [1.807, 2.05) is 18.2 Å². The molecule has 2 nitrogen and oxygen atoms in total. The summed E-state index contributed by atoms with van der Waals surface area (Å²) < 4.78 is 0. The van der Waals surface area contributed by atoms with Gasteiger partial charge in [-0.15, -0.1) is 0 Å². The van der Waals surface area contributed by atoms with Crippen LogP contribution in [0, 0.1) is 17.3 Å². The van der Waals surface area contributed by atoms with E-state index < -0.39 is 0 Å². The summed E-state index contributed by atoms with van der Waals surface area (Å²) in [6, 6.07) is 39.4. The third-order valence-corrected chi connectivity index (χ3v) is 12.6. The molecule has 2 unspecified atom stereocenters. The third-order valence-electron chi connectivity index (χ3n) is 12.6. The fraction of sp³-hybridized carbons (Fsp3) is 0.158. The number of hydrogen-bond acceptors (Lipinski definition) is 2. The van der Waals surface area contributed by atoms with Crippen LogP contribution < -0.4 is 9.80 Å². The molecule has 1 fully saturated rings. The van der Waals surface area contributed by atoms with Gasteiger partial charge in [-0.05, 0) is 130 Å². The highest BCUT2D eigenvalue weighted by Gasteiger charge is 2.47. The minimum absolute atomic E-state index is 0.000631. The zero-order chi connectivity index (χ0) is 40.5. The van der Waals surface area contributed by atoms with E-state index in [9.17, 15) is 0 Å². The second-order valence-corrected chi connectivity index (χ2v) is 16.3. The summed E-state index contributed by atoms with van der Waals surface area (Å²) in [4.78, 5) is 4.76. The molecule has 2 heterocycles. The molecular formula is C57H50N2. The van der Waals surface area contributed by atoms with Gasteiger partial charge in [0.1, 0.15) is 0 Å². The first-order valence-electron chi connectivity index (χ1n) is 20.9. The first-order chi connectivity index (χ1) is 28.9. The van der Waals surface area contributed by atoms with Gasteiger partial charge in [0.05, 0.1) is 5.69 Å². The Balaban J connectivity index is 0.977. The molecule has 2 heteroatoms. The molecule has 0 aromatic heterocycles. The molecule has 9 rings (SSSR count). The van der Waals surface area contributed by atoms with Gasteiger partial charge in [0, 0.05) is 46.9 Å². The standard InChI is InChI=1S/C57H50N2/c1-6-19-48-46(7-2)56(59-54-27-16-13-22-43(54)38-44-23-14-17-28-55(44)59)36-35-47(48)41-31-29-40(30-32-41)20-10-9-11-25-49-50-34-33-45(39-52(50)57(4,5)51(49)8-3)58-37-18-24-42-21-12-15-26-53(42)58/h6-8,11-23,25-37,39,50,52H,2,24,38H2,1,3-5H3/b19-6-,20-11?,49-25?,51-8+. The van der Waals surface area contributed by atoms with Gasteiger partial charge in [0.25, 0.3) is 0 Å². The number of hydrogen-bond donors (Lipinski definition) is 0. The fourth-order valence-electron chi connectivity index (χ4n) is 9.81. The smallest absolute Gasteiger partial charge is 0.0540 e. The lowest BCUT2D eigenvalue weighted by atomic mass is 9.75. The molecule has 0 bridgehead atoms. The quantitative estimate of drug-likeness (QED) is 0.149. The van der Waals surface area contributed by atoms with Gasteiger partial charge in [-0.2, -0.15) is 0 Å². The van der Waals surface area contributed by atoms with Crippen molar-refractivity contribution < 1.29 is 0 Å². The summed E-state index contributed by atoms with van der Waals surface area (Å²) in [6.07, 6.45) is 28.5. The molecule has 0 radical (unpaired) electrons.